The van der Waals surface area contributed by atoms with Gasteiger partial charge in [0.15, 0.2) is 0 Å². The van der Waals surface area contributed by atoms with Gasteiger partial charge < -0.3 is 9.53 Å². The number of rotatable bonds is 4. The molecule has 1 fully saturated rings. The summed E-state index contributed by atoms with van der Waals surface area (Å²) >= 11 is 0. The first-order chi connectivity index (χ1) is 6.26. The fourth-order valence-electron chi connectivity index (χ4n) is 2.24. The first kappa shape index (κ1) is 10.7. The first-order valence-electron chi connectivity index (χ1n) is 5.21. The van der Waals surface area contributed by atoms with Crippen LogP contribution < -0.4 is 0 Å². The SMILES string of the molecule is CCC1CCC(C=O)(COC)CC1. The monoisotopic (exact) mass is 184 g/mol. The average molecular weight is 184 g/mol. The van der Waals surface area contributed by atoms with Crippen LogP contribution in [0.15, 0.2) is 0 Å². The molecule has 1 saturated carbocycles. The molecule has 0 atom stereocenters. The molecule has 0 aliphatic heterocycles. The molecule has 1 aliphatic carbocycles. The van der Waals surface area contributed by atoms with Crippen LogP contribution in [0.2, 0.25) is 0 Å². The summed E-state index contributed by atoms with van der Waals surface area (Å²) in [7, 11) is 1.68. The highest BCUT2D eigenvalue weighted by Crippen LogP contribution is 2.38. The van der Waals surface area contributed by atoms with Crippen LogP contribution in [-0.4, -0.2) is 20.0 Å². The smallest absolute Gasteiger partial charge is 0.128 e. The Hall–Kier alpha value is -0.370. The lowest BCUT2D eigenvalue weighted by molar-refractivity contribution is -0.121. The molecule has 0 aromatic carbocycles. The van der Waals surface area contributed by atoms with E-state index in [1.807, 2.05) is 0 Å². The second-order valence-corrected chi connectivity index (χ2v) is 4.26. The molecule has 0 aromatic rings. The van der Waals surface area contributed by atoms with Crippen molar-refractivity contribution >= 4 is 6.29 Å². The average Bonchev–Trinajstić information content (AvgIpc) is 2.19. The number of hydrogen-bond donors (Lipinski definition) is 0. The first-order valence-corrected chi connectivity index (χ1v) is 5.21. The van der Waals surface area contributed by atoms with Gasteiger partial charge in [-0.3, -0.25) is 0 Å². The van der Waals surface area contributed by atoms with E-state index in [1.54, 1.807) is 7.11 Å². The van der Waals surface area contributed by atoms with E-state index < -0.39 is 0 Å². The minimum atomic E-state index is -0.152. The van der Waals surface area contributed by atoms with Crippen LogP contribution in [-0.2, 0) is 9.53 Å². The Labute approximate surface area is 80.7 Å². The summed E-state index contributed by atoms with van der Waals surface area (Å²) in [6.07, 6.45) is 6.78. The molecular formula is C11H20O2. The number of aldehydes is 1. The Kier molecular flexibility index (Phi) is 3.91. The fourth-order valence-corrected chi connectivity index (χ4v) is 2.24. The van der Waals surface area contributed by atoms with Crippen molar-refractivity contribution in [2.45, 2.75) is 39.0 Å². The highest BCUT2D eigenvalue weighted by molar-refractivity contribution is 5.59. The van der Waals surface area contributed by atoms with Crippen LogP contribution >= 0.6 is 0 Å². The molecule has 76 valence electrons. The van der Waals surface area contributed by atoms with E-state index >= 15 is 0 Å². The molecule has 0 amide bonds. The van der Waals surface area contributed by atoms with Gasteiger partial charge in [0.25, 0.3) is 0 Å². The van der Waals surface area contributed by atoms with Crippen LogP contribution in [0.4, 0.5) is 0 Å². The van der Waals surface area contributed by atoms with Crippen molar-refractivity contribution in [3.63, 3.8) is 0 Å². The molecule has 0 heterocycles. The second kappa shape index (κ2) is 4.75. The van der Waals surface area contributed by atoms with Crippen molar-refractivity contribution < 1.29 is 9.53 Å². The minimum absolute atomic E-state index is 0.152. The molecule has 0 radical (unpaired) electrons. The highest BCUT2D eigenvalue weighted by atomic mass is 16.5. The third-order valence-corrected chi connectivity index (χ3v) is 3.36. The van der Waals surface area contributed by atoms with Crippen LogP contribution in [0.25, 0.3) is 0 Å². The van der Waals surface area contributed by atoms with E-state index in [9.17, 15) is 4.79 Å². The standard InChI is InChI=1S/C11H20O2/c1-3-10-4-6-11(8-12,7-5-10)9-13-2/h8,10H,3-7,9H2,1-2H3. The van der Waals surface area contributed by atoms with E-state index in [2.05, 4.69) is 6.92 Å². The van der Waals surface area contributed by atoms with Gasteiger partial charge in [0.2, 0.25) is 0 Å². The predicted octanol–water partition coefficient (Wildman–Crippen LogP) is 2.42. The number of methoxy groups -OCH3 is 1. The molecule has 0 unspecified atom stereocenters. The summed E-state index contributed by atoms with van der Waals surface area (Å²) in [6.45, 7) is 2.84. The number of carbonyl (C=O) groups excluding carboxylic acids is 1. The van der Waals surface area contributed by atoms with Gasteiger partial charge in [-0.1, -0.05) is 13.3 Å². The number of ether oxygens (including phenoxy) is 1. The lowest BCUT2D eigenvalue weighted by atomic mass is 9.71. The van der Waals surface area contributed by atoms with Crippen molar-refractivity contribution in [1.82, 2.24) is 0 Å². The molecule has 2 nitrogen and oxygen atoms in total. The Morgan fingerprint density at radius 1 is 1.46 bits per heavy atom. The molecule has 0 saturated heterocycles. The van der Waals surface area contributed by atoms with E-state index in [-0.39, 0.29) is 5.41 Å². The lowest BCUT2D eigenvalue weighted by Crippen LogP contribution is -2.33. The summed E-state index contributed by atoms with van der Waals surface area (Å²) in [6, 6.07) is 0. The predicted molar refractivity (Wildman–Crippen MR) is 52.6 cm³/mol. The van der Waals surface area contributed by atoms with Crippen molar-refractivity contribution in [1.29, 1.82) is 0 Å². The quantitative estimate of drug-likeness (QED) is 0.627. The number of hydrogen-bond acceptors (Lipinski definition) is 2. The molecule has 1 rings (SSSR count). The largest absolute Gasteiger partial charge is 0.384 e. The van der Waals surface area contributed by atoms with Gasteiger partial charge in [-0.15, -0.1) is 0 Å². The van der Waals surface area contributed by atoms with Gasteiger partial charge in [-0.2, -0.15) is 0 Å². The zero-order valence-corrected chi connectivity index (χ0v) is 8.71. The molecule has 1 aliphatic rings. The molecule has 13 heavy (non-hydrogen) atoms. The van der Waals surface area contributed by atoms with Gasteiger partial charge in [0, 0.05) is 12.5 Å². The second-order valence-electron chi connectivity index (χ2n) is 4.26. The van der Waals surface area contributed by atoms with Crippen molar-refractivity contribution in [3.05, 3.63) is 0 Å². The third-order valence-electron chi connectivity index (χ3n) is 3.36. The number of carbonyl (C=O) groups is 1. The fraction of sp³-hybridized carbons (Fsp3) is 0.909. The summed E-state index contributed by atoms with van der Waals surface area (Å²) in [5, 5.41) is 0. The van der Waals surface area contributed by atoms with Gasteiger partial charge in [0.05, 0.1) is 6.61 Å². The van der Waals surface area contributed by atoms with Crippen molar-refractivity contribution in [2.24, 2.45) is 11.3 Å². The minimum Gasteiger partial charge on any atom is -0.384 e. The summed E-state index contributed by atoms with van der Waals surface area (Å²) in [4.78, 5) is 11.0. The van der Waals surface area contributed by atoms with E-state index in [4.69, 9.17) is 4.74 Å². The van der Waals surface area contributed by atoms with Gasteiger partial charge >= 0.3 is 0 Å². The lowest BCUT2D eigenvalue weighted by Gasteiger charge is -2.35. The molecule has 0 spiro atoms. The zero-order chi connectivity index (χ0) is 9.73. The van der Waals surface area contributed by atoms with Gasteiger partial charge in [0.1, 0.15) is 6.29 Å². The Bertz CT molecular complexity index is 157. The molecule has 2 heteroatoms. The van der Waals surface area contributed by atoms with Crippen molar-refractivity contribution in [3.8, 4) is 0 Å². The Morgan fingerprint density at radius 2 is 2.08 bits per heavy atom. The van der Waals surface area contributed by atoms with Crippen LogP contribution in [0.5, 0.6) is 0 Å². The summed E-state index contributed by atoms with van der Waals surface area (Å²) in [5.41, 5.74) is -0.152. The summed E-state index contributed by atoms with van der Waals surface area (Å²) < 4.78 is 5.11. The molecule has 0 bridgehead atoms. The van der Waals surface area contributed by atoms with E-state index in [0.29, 0.717) is 6.61 Å². The Morgan fingerprint density at radius 3 is 2.46 bits per heavy atom. The molecule has 0 aromatic heterocycles. The van der Waals surface area contributed by atoms with Gasteiger partial charge in [-0.05, 0) is 31.6 Å². The Balaban J connectivity index is 2.47. The van der Waals surface area contributed by atoms with Crippen LogP contribution in [0.1, 0.15) is 39.0 Å². The van der Waals surface area contributed by atoms with Crippen molar-refractivity contribution in [2.75, 3.05) is 13.7 Å². The van der Waals surface area contributed by atoms with Gasteiger partial charge in [-0.25, -0.2) is 0 Å². The summed E-state index contributed by atoms with van der Waals surface area (Å²) in [5.74, 6) is 0.838. The van der Waals surface area contributed by atoms with Crippen LogP contribution in [0, 0.1) is 11.3 Å². The van der Waals surface area contributed by atoms with E-state index in [0.717, 1.165) is 25.0 Å². The normalized spacial score (nSPS) is 34.5. The molecule has 0 N–H and O–H groups in total. The maximum Gasteiger partial charge on any atom is 0.128 e. The maximum absolute atomic E-state index is 11.0. The maximum atomic E-state index is 11.0. The third kappa shape index (κ3) is 2.53. The zero-order valence-electron chi connectivity index (χ0n) is 8.71. The van der Waals surface area contributed by atoms with E-state index in [1.165, 1.54) is 19.3 Å². The highest BCUT2D eigenvalue weighted by Gasteiger charge is 2.34. The topological polar surface area (TPSA) is 26.3 Å². The van der Waals surface area contributed by atoms with Crippen LogP contribution in [0.3, 0.4) is 0 Å². The molecular weight excluding hydrogens is 164 g/mol.